The van der Waals surface area contributed by atoms with Gasteiger partial charge in [-0.3, -0.25) is 10.1 Å². The van der Waals surface area contributed by atoms with Crippen LogP contribution < -0.4 is 0 Å². The predicted octanol–water partition coefficient (Wildman–Crippen LogP) is 2.41. The molecule has 0 saturated carbocycles. The lowest BCUT2D eigenvalue weighted by Gasteiger charge is -1.98. The summed E-state index contributed by atoms with van der Waals surface area (Å²) < 4.78 is 4.62. The molecule has 7 heteroatoms. The van der Waals surface area contributed by atoms with Crippen LogP contribution in [0.15, 0.2) is 30.5 Å². The van der Waals surface area contributed by atoms with Gasteiger partial charge in [-0.2, -0.15) is 0 Å². The molecule has 20 heavy (non-hydrogen) atoms. The van der Waals surface area contributed by atoms with Crippen molar-refractivity contribution >= 4 is 33.5 Å². The number of nitrogens with one attached hydrogen (secondary N) is 1. The number of non-ortho nitro benzene ring substituents is 1. The van der Waals surface area contributed by atoms with Gasteiger partial charge < -0.3 is 9.72 Å². The van der Waals surface area contributed by atoms with Gasteiger partial charge in [0.1, 0.15) is 5.69 Å². The van der Waals surface area contributed by atoms with Gasteiger partial charge in [0.15, 0.2) is 0 Å². The zero-order valence-electron chi connectivity index (χ0n) is 10.4. The highest BCUT2D eigenvalue weighted by Crippen LogP contribution is 2.28. The van der Waals surface area contributed by atoms with Gasteiger partial charge in [0, 0.05) is 28.4 Å². The first-order valence-electron chi connectivity index (χ1n) is 5.74. The van der Waals surface area contributed by atoms with Crippen LogP contribution in [0.2, 0.25) is 0 Å². The molecule has 2 heterocycles. The first kappa shape index (κ1) is 12.1. The van der Waals surface area contributed by atoms with E-state index >= 15 is 0 Å². The van der Waals surface area contributed by atoms with Gasteiger partial charge in [0.05, 0.1) is 23.7 Å². The molecule has 0 aliphatic carbocycles. The number of nitrogens with zero attached hydrogens (tertiary/aromatic N) is 2. The Morgan fingerprint density at radius 3 is 2.75 bits per heavy atom. The number of ether oxygens (including phenoxy) is 1. The van der Waals surface area contributed by atoms with E-state index in [9.17, 15) is 14.9 Å². The number of hydrogen-bond donors (Lipinski definition) is 1. The summed E-state index contributed by atoms with van der Waals surface area (Å²) in [5.74, 6) is -0.549. The van der Waals surface area contributed by atoms with E-state index in [-0.39, 0.29) is 11.4 Å². The van der Waals surface area contributed by atoms with E-state index in [4.69, 9.17) is 0 Å². The Morgan fingerprint density at radius 2 is 2.05 bits per heavy atom. The summed E-state index contributed by atoms with van der Waals surface area (Å²) in [4.78, 5) is 28.9. The number of carbonyl (C=O) groups excluding carboxylic acids is 1. The van der Waals surface area contributed by atoms with Crippen molar-refractivity contribution in [1.82, 2.24) is 9.97 Å². The van der Waals surface area contributed by atoms with Gasteiger partial charge in [-0.1, -0.05) is 0 Å². The molecule has 0 aliphatic rings. The van der Waals surface area contributed by atoms with E-state index in [2.05, 4.69) is 14.7 Å². The zero-order chi connectivity index (χ0) is 14.3. The van der Waals surface area contributed by atoms with Crippen molar-refractivity contribution in [3.05, 3.63) is 46.3 Å². The summed E-state index contributed by atoms with van der Waals surface area (Å²) in [7, 11) is 1.27. The Bertz CT molecular complexity index is 853. The SMILES string of the molecule is COC(=O)c1cc2c(cn1)[nH]c1ccc([N+](=O)[O-])cc12. The molecule has 0 bridgehead atoms. The van der Waals surface area contributed by atoms with Gasteiger partial charge in [-0.05, 0) is 12.1 Å². The van der Waals surface area contributed by atoms with Gasteiger partial charge in [0.2, 0.25) is 0 Å². The molecule has 100 valence electrons. The van der Waals surface area contributed by atoms with Crippen LogP contribution in [0.5, 0.6) is 0 Å². The second-order valence-corrected chi connectivity index (χ2v) is 4.22. The van der Waals surface area contributed by atoms with Crippen LogP contribution in [0.4, 0.5) is 5.69 Å². The minimum absolute atomic E-state index is 0.00479. The number of H-pyrrole nitrogens is 1. The van der Waals surface area contributed by atoms with Gasteiger partial charge in [-0.15, -0.1) is 0 Å². The Hall–Kier alpha value is -2.96. The molecule has 0 aliphatic heterocycles. The van der Waals surface area contributed by atoms with Crippen molar-refractivity contribution in [1.29, 1.82) is 0 Å². The van der Waals surface area contributed by atoms with Crippen molar-refractivity contribution < 1.29 is 14.5 Å². The van der Waals surface area contributed by atoms with Crippen molar-refractivity contribution in [2.45, 2.75) is 0 Å². The Morgan fingerprint density at radius 1 is 1.30 bits per heavy atom. The van der Waals surface area contributed by atoms with Crippen LogP contribution >= 0.6 is 0 Å². The van der Waals surface area contributed by atoms with Crippen molar-refractivity contribution in [2.75, 3.05) is 7.11 Å². The molecule has 0 unspecified atom stereocenters. The maximum Gasteiger partial charge on any atom is 0.356 e. The monoisotopic (exact) mass is 271 g/mol. The second-order valence-electron chi connectivity index (χ2n) is 4.22. The summed E-state index contributed by atoms with van der Waals surface area (Å²) in [5, 5.41) is 12.2. The minimum atomic E-state index is -0.549. The minimum Gasteiger partial charge on any atom is -0.464 e. The van der Waals surface area contributed by atoms with Gasteiger partial charge >= 0.3 is 5.97 Å². The van der Waals surface area contributed by atoms with Crippen LogP contribution in [0.1, 0.15) is 10.5 Å². The Labute approximate surface area is 112 Å². The van der Waals surface area contributed by atoms with Gasteiger partial charge in [-0.25, -0.2) is 9.78 Å². The third-order valence-corrected chi connectivity index (χ3v) is 3.07. The molecule has 3 rings (SSSR count). The van der Waals surface area contributed by atoms with Crippen molar-refractivity contribution in [2.24, 2.45) is 0 Å². The largest absolute Gasteiger partial charge is 0.464 e. The van der Waals surface area contributed by atoms with Crippen molar-refractivity contribution in [3.63, 3.8) is 0 Å². The molecule has 2 aromatic heterocycles. The van der Waals surface area contributed by atoms with Crippen molar-refractivity contribution in [3.8, 4) is 0 Å². The average molecular weight is 271 g/mol. The number of nitro benzene ring substituents is 1. The first-order valence-corrected chi connectivity index (χ1v) is 5.74. The maximum atomic E-state index is 11.5. The van der Waals surface area contributed by atoms with Gasteiger partial charge in [0.25, 0.3) is 5.69 Å². The maximum absolute atomic E-state index is 11.5. The number of aromatic amines is 1. The summed E-state index contributed by atoms with van der Waals surface area (Å²) in [5.41, 5.74) is 1.60. The number of fused-ring (bicyclic) bond motifs is 3. The average Bonchev–Trinajstić information content (AvgIpc) is 2.83. The summed E-state index contributed by atoms with van der Waals surface area (Å²) in [6, 6.07) is 6.08. The van der Waals surface area contributed by atoms with E-state index < -0.39 is 10.9 Å². The fourth-order valence-corrected chi connectivity index (χ4v) is 2.12. The van der Waals surface area contributed by atoms with Crippen LogP contribution in [-0.4, -0.2) is 28.0 Å². The fourth-order valence-electron chi connectivity index (χ4n) is 2.12. The third kappa shape index (κ3) is 1.76. The molecule has 3 aromatic rings. The Balaban J connectivity index is 2.31. The van der Waals surface area contributed by atoms with Crippen LogP contribution in [0, 0.1) is 10.1 Å². The molecule has 0 atom stereocenters. The lowest BCUT2D eigenvalue weighted by Crippen LogP contribution is -2.03. The number of benzene rings is 1. The number of aromatic nitrogens is 2. The summed E-state index contributed by atoms with van der Waals surface area (Å²) >= 11 is 0. The van der Waals surface area contributed by atoms with E-state index in [0.29, 0.717) is 16.3 Å². The van der Waals surface area contributed by atoms with E-state index in [0.717, 1.165) is 5.52 Å². The number of pyridine rings is 1. The molecule has 0 radical (unpaired) electrons. The fraction of sp³-hybridized carbons (Fsp3) is 0.0769. The number of rotatable bonds is 2. The highest BCUT2D eigenvalue weighted by atomic mass is 16.6. The topological polar surface area (TPSA) is 98.1 Å². The smallest absolute Gasteiger partial charge is 0.356 e. The molecule has 1 aromatic carbocycles. The molecular weight excluding hydrogens is 262 g/mol. The quantitative estimate of drug-likeness (QED) is 0.438. The van der Waals surface area contributed by atoms with Crippen LogP contribution in [0.25, 0.3) is 21.8 Å². The van der Waals surface area contributed by atoms with E-state index in [1.54, 1.807) is 12.1 Å². The lowest BCUT2D eigenvalue weighted by molar-refractivity contribution is -0.384. The number of carbonyl (C=O) groups is 1. The normalized spacial score (nSPS) is 10.8. The number of methoxy groups -OCH3 is 1. The van der Waals surface area contributed by atoms with Crippen LogP contribution in [0.3, 0.4) is 0 Å². The molecule has 0 fully saturated rings. The highest BCUT2D eigenvalue weighted by molar-refractivity contribution is 6.09. The number of esters is 1. The highest BCUT2D eigenvalue weighted by Gasteiger charge is 2.14. The molecule has 0 spiro atoms. The Kier molecular flexibility index (Phi) is 2.60. The zero-order valence-corrected chi connectivity index (χ0v) is 10.4. The predicted molar refractivity (Wildman–Crippen MR) is 71.6 cm³/mol. The number of hydrogen-bond acceptors (Lipinski definition) is 5. The molecular formula is C13H9N3O4. The van der Waals surface area contributed by atoms with Crippen LogP contribution in [-0.2, 0) is 4.74 Å². The molecule has 1 N–H and O–H groups in total. The molecule has 0 saturated heterocycles. The second kappa shape index (κ2) is 4.30. The first-order chi connectivity index (χ1) is 9.60. The third-order valence-electron chi connectivity index (χ3n) is 3.07. The standard InChI is InChI=1S/C13H9N3O4/c1-20-13(17)11-5-9-8-4-7(16(18)19)2-3-10(8)15-12(9)6-14-11/h2-6,15H,1H3. The summed E-state index contributed by atoms with van der Waals surface area (Å²) in [6.07, 6.45) is 1.51. The molecule has 7 nitrogen and oxygen atoms in total. The lowest BCUT2D eigenvalue weighted by atomic mass is 10.1. The van der Waals surface area contributed by atoms with E-state index in [1.807, 2.05) is 0 Å². The number of nitro groups is 1. The van der Waals surface area contributed by atoms with E-state index in [1.165, 1.54) is 25.4 Å². The summed E-state index contributed by atoms with van der Waals surface area (Å²) in [6.45, 7) is 0. The molecule has 0 amide bonds.